The first-order valence-corrected chi connectivity index (χ1v) is 14.2. The largest absolute Gasteiger partial charge is 0.370 e. The lowest BCUT2D eigenvalue weighted by Gasteiger charge is -2.35. The second-order valence-corrected chi connectivity index (χ2v) is 11.0. The summed E-state index contributed by atoms with van der Waals surface area (Å²) in [6.07, 6.45) is 14.7. The molecule has 1 aliphatic heterocycles. The van der Waals surface area contributed by atoms with Gasteiger partial charge in [-0.25, -0.2) is 4.99 Å². The third-order valence-corrected chi connectivity index (χ3v) is 8.23. The molecule has 196 valence electrons. The first-order valence-electron chi connectivity index (χ1n) is 13.8. The number of piperidine rings is 1. The predicted octanol–water partition coefficient (Wildman–Crippen LogP) is 8.87. The normalized spacial score (nSPS) is 17.2. The Balaban J connectivity index is 1.37. The maximum absolute atomic E-state index is 6.80. The molecule has 37 heavy (non-hydrogen) atoms. The second kappa shape index (κ2) is 12.6. The minimum absolute atomic E-state index is 0.758. The van der Waals surface area contributed by atoms with Crippen molar-refractivity contribution in [3.05, 3.63) is 88.1 Å². The van der Waals surface area contributed by atoms with Gasteiger partial charge in [-0.15, -0.1) is 0 Å². The number of rotatable bonds is 7. The molecule has 0 aromatic heterocycles. The average Bonchev–Trinajstić information content (AvgIpc) is 3.09. The molecule has 0 spiro atoms. The van der Waals surface area contributed by atoms with Crippen LogP contribution < -0.4 is 9.80 Å². The molecule has 0 amide bonds. The fourth-order valence-corrected chi connectivity index (χ4v) is 5.92. The maximum Gasteiger partial charge on any atom is 0.105 e. The van der Waals surface area contributed by atoms with Crippen molar-refractivity contribution in [3.63, 3.8) is 0 Å². The van der Waals surface area contributed by atoms with E-state index in [4.69, 9.17) is 11.6 Å². The number of allylic oxidation sites excluding steroid dienone is 4. The Morgan fingerprint density at radius 2 is 1.92 bits per heavy atom. The van der Waals surface area contributed by atoms with Gasteiger partial charge in [0.15, 0.2) is 0 Å². The zero-order chi connectivity index (χ0) is 26.4. The molecule has 1 aliphatic carbocycles. The van der Waals surface area contributed by atoms with Crippen molar-refractivity contribution in [2.45, 2.75) is 65.7 Å². The second-order valence-electron chi connectivity index (χ2n) is 10.6. The van der Waals surface area contributed by atoms with Crippen molar-refractivity contribution >= 4 is 34.9 Å². The molecule has 3 nitrogen and oxygen atoms in total. The van der Waals surface area contributed by atoms with Crippen LogP contribution in [0.3, 0.4) is 0 Å². The summed E-state index contributed by atoms with van der Waals surface area (Å²) < 4.78 is 0. The summed E-state index contributed by atoms with van der Waals surface area (Å²) in [5.74, 6) is 1.68. The van der Waals surface area contributed by atoms with Crippen LogP contribution in [-0.4, -0.2) is 26.0 Å². The molecule has 2 aromatic carbocycles. The van der Waals surface area contributed by atoms with Crippen molar-refractivity contribution in [3.8, 4) is 0 Å². The van der Waals surface area contributed by atoms with E-state index in [0.717, 1.165) is 53.4 Å². The topological polar surface area (TPSA) is 18.8 Å². The number of nitrogens with zero attached hydrogens (tertiary/aromatic N) is 3. The molecule has 2 aromatic rings. The van der Waals surface area contributed by atoms with Gasteiger partial charge in [-0.05, 0) is 106 Å². The number of fused-ring (bicyclic) bond motifs is 1. The highest BCUT2D eigenvalue weighted by Crippen LogP contribution is 2.36. The number of halogens is 1. The molecule has 0 unspecified atom stereocenters. The lowest BCUT2D eigenvalue weighted by Crippen LogP contribution is -2.34. The van der Waals surface area contributed by atoms with Gasteiger partial charge in [0.05, 0.1) is 10.7 Å². The first kappa shape index (κ1) is 27.3. The van der Waals surface area contributed by atoms with E-state index in [9.17, 15) is 0 Å². The third kappa shape index (κ3) is 6.96. The molecular weight excluding hydrogens is 474 g/mol. The smallest absolute Gasteiger partial charge is 0.105 e. The zero-order valence-electron chi connectivity index (χ0n) is 23.1. The SMILES string of the molecule is C=C/C=C(/C)N=C(C)N(C)c1ccc(N2CCC(CC3=Cc4ccc(CC)cc4CCC3)CC2)c(Cl)c1. The Bertz CT molecular complexity index is 1200. The number of aryl methyl sites for hydroxylation is 2. The van der Waals surface area contributed by atoms with Gasteiger partial charge >= 0.3 is 0 Å². The van der Waals surface area contributed by atoms with Gasteiger partial charge in [-0.2, -0.15) is 0 Å². The lowest BCUT2D eigenvalue weighted by atomic mass is 9.88. The molecule has 2 aliphatic rings. The molecule has 0 atom stereocenters. The van der Waals surface area contributed by atoms with Crippen LogP contribution in [0.5, 0.6) is 0 Å². The monoisotopic (exact) mass is 515 g/mol. The molecule has 0 radical (unpaired) electrons. The van der Waals surface area contributed by atoms with Crippen LogP contribution in [0.15, 0.2) is 71.4 Å². The average molecular weight is 516 g/mol. The Hall–Kier alpha value is -2.78. The summed E-state index contributed by atoms with van der Waals surface area (Å²) in [6.45, 7) is 12.1. The van der Waals surface area contributed by atoms with Crippen LogP contribution in [0, 0.1) is 5.92 Å². The van der Waals surface area contributed by atoms with Crippen LogP contribution in [0.2, 0.25) is 5.02 Å². The Morgan fingerprint density at radius 1 is 1.14 bits per heavy atom. The van der Waals surface area contributed by atoms with E-state index < -0.39 is 0 Å². The molecule has 0 N–H and O–H groups in total. The van der Waals surface area contributed by atoms with E-state index in [1.807, 2.05) is 27.0 Å². The number of hydrogen-bond donors (Lipinski definition) is 0. The van der Waals surface area contributed by atoms with Gasteiger partial charge in [0.25, 0.3) is 0 Å². The highest BCUT2D eigenvalue weighted by atomic mass is 35.5. The number of amidine groups is 1. The summed E-state index contributed by atoms with van der Waals surface area (Å²) in [6, 6.07) is 13.5. The van der Waals surface area contributed by atoms with E-state index in [2.05, 4.69) is 70.8 Å². The van der Waals surface area contributed by atoms with Gasteiger partial charge in [-0.1, -0.05) is 61.0 Å². The summed E-state index contributed by atoms with van der Waals surface area (Å²) in [4.78, 5) is 9.18. The van der Waals surface area contributed by atoms with E-state index in [-0.39, 0.29) is 0 Å². The zero-order valence-corrected chi connectivity index (χ0v) is 23.8. The molecule has 0 saturated carbocycles. The van der Waals surface area contributed by atoms with Gasteiger partial charge in [-0.3, -0.25) is 0 Å². The van der Waals surface area contributed by atoms with E-state index in [1.165, 1.54) is 55.2 Å². The van der Waals surface area contributed by atoms with Crippen LogP contribution in [-0.2, 0) is 12.8 Å². The van der Waals surface area contributed by atoms with Gasteiger partial charge in [0.1, 0.15) is 5.84 Å². The standard InChI is InChI=1S/C33H42ClN3/c1-6-9-24(3)35-25(4)36(5)31-14-15-33(32(34)23-31)37-18-16-27(17-19-37)20-28-10-8-11-29-21-26(7-2)12-13-30(29)22-28/h6,9,12-15,21-23,27H,1,7-8,10-11,16-20H2,2-5H3/b24-9-,35-25?. The molecular formula is C33H42ClN3. The molecule has 1 heterocycles. The fourth-order valence-electron chi connectivity index (χ4n) is 5.63. The fraction of sp³-hybridized carbons (Fsp3) is 0.424. The lowest BCUT2D eigenvalue weighted by molar-refractivity contribution is 0.399. The molecule has 1 fully saturated rings. The Morgan fingerprint density at radius 3 is 2.62 bits per heavy atom. The molecule has 0 bridgehead atoms. The number of anilines is 2. The van der Waals surface area contributed by atoms with Crippen molar-refractivity contribution in [2.75, 3.05) is 29.9 Å². The summed E-state index contributed by atoms with van der Waals surface area (Å²) in [5.41, 5.74) is 9.21. The Kier molecular flexibility index (Phi) is 9.32. The predicted molar refractivity (Wildman–Crippen MR) is 163 cm³/mol. The quantitative estimate of drug-likeness (QED) is 0.208. The van der Waals surface area contributed by atoms with Gasteiger partial charge in [0.2, 0.25) is 0 Å². The molecule has 4 rings (SSSR count). The van der Waals surface area contributed by atoms with Crippen LogP contribution in [0.1, 0.15) is 69.6 Å². The van der Waals surface area contributed by atoms with E-state index >= 15 is 0 Å². The van der Waals surface area contributed by atoms with Crippen molar-refractivity contribution < 1.29 is 0 Å². The minimum atomic E-state index is 0.758. The van der Waals surface area contributed by atoms with Crippen molar-refractivity contribution in [2.24, 2.45) is 10.9 Å². The highest BCUT2D eigenvalue weighted by Gasteiger charge is 2.23. The van der Waals surface area contributed by atoms with Crippen molar-refractivity contribution in [1.82, 2.24) is 0 Å². The van der Waals surface area contributed by atoms with Crippen LogP contribution in [0.25, 0.3) is 6.08 Å². The van der Waals surface area contributed by atoms with E-state index in [0.29, 0.717) is 0 Å². The van der Waals surface area contributed by atoms with E-state index in [1.54, 1.807) is 11.6 Å². The first-order chi connectivity index (χ1) is 17.9. The maximum atomic E-state index is 6.80. The molecule has 1 saturated heterocycles. The number of hydrogen-bond acceptors (Lipinski definition) is 2. The minimum Gasteiger partial charge on any atom is -0.370 e. The summed E-state index contributed by atoms with van der Waals surface area (Å²) in [7, 11) is 2.03. The third-order valence-electron chi connectivity index (χ3n) is 7.93. The number of aliphatic imine (C=N–C) groups is 1. The van der Waals surface area contributed by atoms with Gasteiger partial charge < -0.3 is 9.80 Å². The highest BCUT2D eigenvalue weighted by molar-refractivity contribution is 6.33. The van der Waals surface area contributed by atoms with Gasteiger partial charge in [0, 0.05) is 31.5 Å². The Labute approximate surface area is 229 Å². The molecule has 4 heteroatoms. The van der Waals surface area contributed by atoms with Crippen molar-refractivity contribution in [1.29, 1.82) is 0 Å². The summed E-state index contributed by atoms with van der Waals surface area (Å²) in [5, 5.41) is 0.809. The van der Waals surface area contributed by atoms with Crippen LogP contribution >= 0.6 is 11.6 Å². The summed E-state index contributed by atoms with van der Waals surface area (Å²) >= 11 is 6.80. The van der Waals surface area contributed by atoms with Crippen LogP contribution in [0.4, 0.5) is 11.4 Å². The number of benzene rings is 2.